The first kappa shape index (κ1) is 30.7. The molecule has 1 heterocycles. The van der Waals surface area contributed by atoms with Crippen molar-refractivity contribution < 1.29 is 32.2 Å². The fourth-order valence-corrected chi connectivity index (χ4v) is 4.89. The van der Waals surface area contributed by atoms with Gasteiger partial charge in [-0.1, -0.05) is 31.2 Å². The van der Waals surface area contributed by atoms with Gasteiger partial charge in [-0.2, -0.15) is 18.4 Å². The molecule has 1 aliphatic heterocycles. The number of nitrogens with one attached hydrogen (secondary N) is 1. The number of carbonyl (C=O) groups is 1. The third-order valence-electron chi connectivity index (χ3n) is 6.71. The number of hydrogen-bond donors (Lipinski definition) is 1. The highest BCUT2D eigenvalue weighted by atomic mass is 19.4. The van der Waals surface area contributed by atoms with Gasteiger partial charge in [0.15, 0.2) is 18.1 Å². The molecule has 222 valence electrons. The molecule has 0 aromatic heterocycles. The van der Waals surface area contributed by atoms with Crippen LogP contribution in [0.2, 0.25) is 0 Å². The Labute approximate surface area is 243 Å². The first-order chi connectivity index (χ1) is 20.2. The van der Waals surface area contributed by atoms with Gasteiger partial charge in [-0.15, -0.1) is 0 Å². The monoisotopic (exact) mass is 581 g/mol. The molecule has 3 aromatic carbocycles. The third-order valence-corrected chi connectivity index (χ3v) is 6.71. The van der Waals surface area contributed by atoms with E-state index in [4.69, 9.17) is 14.2 Å². The topological polar surface area (TPSA) is 83.8 Å². The molecule has 1 aliphatic rings. The molecular formula is C32H34F3N3O4. The number of rotatable bonds is 13. The van der Waals surface area contributed by atoms with Gasteiger partial charge >= 0.3 is 12.1 Å². The average Bonchev–Trinajstić information content (AvgIpc) is 3.41. The highest BCUT2D eigenvalue weighted by Gasteiger charge is 2.29. The number of carbonyl (C=O) groups excluding carboxylic acids is 1. The lowest BCUT2D eigenvalue weighted by molar-refractivity contribution is -0.153. The van der Waals surface area contributed by atoms with Crippen LogP contribution in [0, 0.1) is 11.3 Å². The SMILES string of the molecule is CCCOC(=O)c1cccc(N2CCc3cc(C[C@@H](C)NCCOc4ccccc4OCC(F)(F)F)cc(C#N)c32)c1. The molecule has 3 aromatic rings. The Kier molecular flexibility index (Phi) is 10.3. The van der Waals surface area contributed by atoms with Crippen molar-refractivity contribution in [2.75, 3.05) is 37.8 Å². The summed E-state index contributed by atoms with van der Waals surface area (Å²) < 4.78 is 53.4. The summed E-state index contributed by atoms with van der Waals surface area (Å²) in [6.07, 6.45) is -2.24. The molecule has 0 saturated heterocycles. The maximum Gasteiger partial charge on any atom is 0.422 e. The summed E-state index contributed by atoms with van der Waals surface area (Å²) in [5.41, 5.74) is 4.85. The number of anilines is 2. The number of esters is 1. The largest absolute Gasteiger partial charge is 0.488 e. The van der Waals surface area contributed by atoms with Crippen molar-refractivity contribution in [2.24, 2.45) is 0 Å². The van der Waals surface area contributed by atoms with E-state index in [1.54, 1.807) is 30.3 Å². The first-order valence-corrected chi connectivity index (χ1v) is 13.9. The number of nitrogens with zero attached hydrogens (tertiary/aromatic N) is 2. The van der Waals surface area contributed by atoms with Crippen LogP contribution < -0.4 is 19.7 Å². The van der Waals surface area contributed by atoms with Gasteiger partial charge in [-0.3, -0.25) is 0 Å². The number of halogens is 3. The van der Waals surface area contributed by atoms with E-state index in [-0.39, 0.29) is 30.1 Å². The van der Waals surface area contributed by atoms with E-state index in [1.165, 1.54) is 6.07 Å². The number of fused-ring (bicyclic) bond motifs is 1. The zero-order valence-electron chi connectivity index (χ0n) is 23.7. The van der Waals surface area contributed by atoms with E-state index in [0.717, 1.165) is 35.3 Å². The van der Waals surface area contributed by atoms with Gasteiger partial charge in [0.25, 0.3) is 0 Å². The molecule has 0 bridgehead atoms. The van der Waals surface area contributed by atoms with Gasteiger partial charge in [-0.25, -0.2) is 4.79 Å². The second-order valence-corrected chi connectivity index (χ2v) is 10.1. The number of alkyl halides is 3. The van der Waals surface area contributed by atoms with Crippen molar-refractivity contribution in [1.82, 2.24) is 5.32 Å². The Morgan fingerprint density at radius 1 is 1.07 bits per heavy atom. The molecule has 0 spiro atoms. The summed E-state index contributed by atoms with van der Waals surface area (Å²) in [7, 11) is 0. The maximum absolute atomic E-state index is 12.5. The molecule has 4 rings (SSSR count). The number of benzene rings is 3. The first-order valence-electron chi connectivity index (χ1n) is 13.9. The Balaban J connectivity index is 1.35. The normalized spacial score (nSPS) is 13.3. The molecule has 7 nitrogen and oxygen atoms in total. The van der Waals surface area contributed by atoms with Crippen molar-refractivity contribution in [2.45, 2.75) is 45.3 Å². The van der Waals surface area contributed by atoms with Crippen LogP contribution in [0.3, 0.4) is 0 Å². The minimum absolute atomic E-state index is 0.0437. The highest BCUT2D eigenvalue weighted by Crippen LogP contribution is 2.38. The molecule has 0 radical (unpaired) electrons. The fourth-order valence-electron chi connectivity index (χ4n) is 4.89. The highest BCUT2D eigenvalue weighted by molar-refractivity contribution is 5.91. The molecule has 10 heteroatoms. The van der Waals surface area contributed by atoms with Crippen LogP contribution in [0.4, 0.5) is 24.5 Å². The van der Waals surface area contributed by atoms with Crippen LogP contribution in [0.15, 0.2) is 60.7 Å². The van der Waals surface area contributed by atoms with Crippen LogP contribution in [-0.4, -0.2) is 51.1 Å². The maximum atomic E-state index is 12.5. The van der Waals surface area contributed by atoms with E-state index < -0.39 is 12.8 Å². The minimum Gasteiger partial charge on any atom is -0.488 e. The predicted molar refractivity (Wildman–Crippen MR) is 154 cm³/mol. The van der Waals surface area contributed by atoms with Crippen LogP contribution in [0.25, 0.3) is 0 Å². The van der Waals surface area contributed by atoms with E-state index in [9.17, 15) is 23.2 Å². The molecule has 42 heavy (non-hydrogen) atoms. The molecular weight excluding hydrogens is 547 g/mol. The number of nitriles is 1. The zero-order chi connectivity index (χ0) is 30.1. The molecule has 0 aliphatic carbocycles. The summed E-state index contributed by atoms with van der Waals surface area (Å²) in [4.78, 5) is 14.5. The van der Waals surface area contributed by atoms with E-state index >= 15 is 0 Å². The van der Waals surface area contributed by atoms with Gasteiger partial charge in [0.1, 0.15) is 12.7 Å². The van der Waals surface area contributed by atoms with Gasteiger partial charge < -0.3 is 24.4 Å². The fraction of sp³-hybridized carbons (Fsp3) is 0.375. The van der Waals surface area contributed by atoms with E-state index in [2.05, 4.69) is 22.4 Å². The lowest BCUT2D eigenvalue weighted by Gasteiger charge is -2.22. The number of hydrogen-bond acceptors (Lipinski definition) is 7. The van der Waals surface area contributed by atoms with Gasteiger partial charge in [0.05, 0.1) is 23.4 Å². The van der Waals surface area contributed by atoms with E-state index in [0.29, 0.717) is 37.2 Å². The van der Waals surface area contributed by atoms with Crippen LogP contribution in [0.5, 0.6) is 11.5 Å². The van der Waals surface area contributed by atoms with Gasteiger partial charge in [0.2, 0.25) is 0 Å². The Morgan fingerprint density at radius 2 is 1.83 bits per heavy atom. The van der Waals surface area contributed by atoms with Crippen molar-refractivity contribution >= 4 is 17.3 Å². The smallest absolute Gasteiger partial charge is 0.422 e. The summed E-state index contributed by atoms with van der Waals surface area (Å²) in [5.74, 6) is -0.0662. The lowest BCUT2D eigenvalue weighted by Crippen LogP contribution is -2.32. The second kappa shape index (κ2) is 14.1. The number of para-hydroxylation sites is 2. The van der Waals surface area contributed by atoms with Gasteiger partial charge in [0, 0.05) is 24.8 Å². The third kappa shape index (κ3) is 8.17. The summed E-state index contributed by atoms with van der Waals surface area (Å²) in [5, 5.41) is 13.4. The van der Waals surface area contributed by atoms with Crippen molar-refractivity contribution in [3.63, 3.8) is 0 Å². The standard InChI is InChI=1S/C32H34F3N3O4/c1-3-14-41-31(39)25-7-6-8-27(19-25)38-13-11-24-17-23(18-26(20-36)30(24)38)16-22(2)37-12-15-40-28-9-4-5-10-29(28)42-21-32(33,34)35/h4-10,17-19,22,37H,3,11-16,21H2,1-2H3/t22-/m1/s1. The molecule has 0 amide bonds. The second-order valence-electron chi connectivity index (χ2n) is 10.1. The summed E-state index contributed by atoms with van der Waals surface area (Å²) in [6.45, 7) is 4.35. The van der Waals surface area contributed by atoms with Crippen LogP contribution in [-0.2, 0) is 17.6 Å². The summed E-state index contributed by atoms with van der Waals surface area (Å²) >= 11 is 0. The van der Waals surface area contributed by atoms with Crippen molar-refractivity contribution in [3.8, 4) is 17.6 Å². The minimum atomic E-state index is -4.43. The average molecular weight is 582 g/mol. The molecule has 1 N–H and O–H groups in total. The number of ether oxygens (including phenoxy) is 3. The van der Waals surface area contributed by atoms with Crippen LogP contribution >= 0.6 is 0 Å². The quantitative estimate of drug-likeness (QED) is 0.186. The zero-order valence-corrected chi connectivity index (χ0v) is 23.7. The van der Waals surface area contributed by atoms with Crippen molar-refractivity contribution in [3.05, 3.63) is 82.9 Å². The van der Waals surface area contributed by atoms with Crippen LogP contribution in [0.1, 0.15) is 47.3 Å². The van der Waals surface area contributed by atoms with E-state index in [1.807, 2.05) is 32.0 Å². The molecule has 0 unspecified atom stereocenters. The Hall–Kier alpha value is -4.23. The summed E-state index contributed by atoms with van der Waals surface area (Å²) in [6, 6.07) is 20.0. The molecule has 0 fully saturated rings. The Morgan fingerprint density at radius 3 is 2.55 bits per heavy atom. The predicted octanol–water partition coefficient (Wildman–Crippen LogP) is 6.36. The van der Waals surface area contributed by atoms with Gasteiger partial charge in [-0.05, 0) is 73.7 Å². The molecule has 1 atom stereocenters. The molecule has 0 saturated carbocycles. The Bertz CT molecular complexity index is 1420. The van der Waals surface area contributed by atoms with Crippen molar-refractivity contribution in [1.29, 1.82) is 5.26 Å². The lowest BCUT2D eigenvalue weighted by atomic mass is 9.99.